The summed E-state index contributed by atoms with van der Waals surface area (Å²) in [7, 11) is -2.33. The zero-order chi connectivity index (χ0) is 44.8. The van der Waals surface area contributed by atoms with Crippen LogP contribution in [0.2, 0.25) is 0 Å². The molecule has 4 amide bonds. The predicted molar refractivity (Wildman–Crippen MR) is 236 cm³/mol. The first-order valence-electron chi connectivity index (χ1n) is 21.8. The summed E-state index contributed by atoms with van der Waals surface area (Å²) in [6.45, 7) is 9.84. The van der Waals surface area contributed by atoms with Crippen LogP contribution in [0.3, 0.4) is 0 Å². The van der Waals surface area contributed by atoms with Gasteiger partial charge in [-0.05, 0) is 77.3 Å². The molecule has 2 aliphatic heterocycles. The average Bonchev–Trinajstić information content (AvgIpc) is 4.00. The van der Waals surface area contributed by atoms with Crippen molar-refractivity contribution in [3.63, 3.8) is 0 Å². The highest BCUT2D eigenvalue weighted by atomic mass is 32.2. The van der Waals surface area contributed by atoms with E-state index >= 15 is 0 Å². The number of hydrogen-bond acceptors (Lipinski definition) is 13. The number of nitrogens with zero attached hydrogens (tertiary/aromatic N) is 6. The first kappa shape index (κ1) is 44.2. The van der Waals surface area contributed by atoms with Crippen molar-refractivity contribution in [3.05, 3.63) is 58.9 Å². The number of hydrogen-bond donors (Lipinski definition) is 3. The first-order chi connectivity index (χ1) is 30.1. The van der Waals surface area contributed by atoms with Crippen LogP contribution in [-0.4, -0.2) is 105 Å². The third kappa shape index (κ3) is 9.17. The van der Waals surface area contributed by atoms with E-state index in [9.17, 15) is 27.6 Å². The van der Waals surface area contributed by atoms with Gasteiger partial charge in [-0.25, -0.2) is 23.1 Å². The van der Waals surface area contributed by atoms with Gasteiger partial charge in [-0.3, -0.25) is 23.9 Å². The lowest BCUT2D eigenvalue weighted by molar-refractivity contribution is -0.141. The predicted octanol–water partition coefficient (Wildman–Crippen LogP) is 5.12. The Hall–Kier alpha value is -5.43. The van der Waals surface area contributed by atoms with Crippen molar-refractivity contribution in [1.29, 1.82) is 0 Å². The van der Waals surface area contributed by atoms with E-state index in [1.807, 2.05) is 56.5 Å². The average molecular weight is 902 g/mol. The second-order valence-electron chi connectivity index (χ2n) is 17.7. The van der Waals surface area contributed by atoms with Crippen molar-refractivity contribution >= 4 is 55.9 Å². The van der Waals surface area contributed by atoms with Crippen LogP contribution in [0.4, 0.5) is 0 Å². The third-order valence-corrected chi connectivity index (χ3v) is 15.1. The highest BCUT2D eigenvalue weighted by Crippen LogP contribution is 2.46. The van der Waals surface area contributed by atoms with Gasteiger partial charge in [0.15, 0.2) is 5.69 Å². The molecular weight excluding hydrogens is 847 g/mol. The third-order valence-electron chi connectivity index (χ3n) is 12.4. The molecule has 1 unspecified atom stereocenters. The van der Waals surface area contributed by atoms with Gasteiger partial charge in [0.1, 0.15) is 45.9 Å². The maximum absolute atomic E-state index is 14.9. The Morgan fingerprint density at radius 1 is 1.05 bits per heavy atom. The molecule has 0 spiro atoms. The number of rotatable bonds is 11. The fourth-order valence-corrected chi connectivity index (χ4v) is 10.7. The van der Waals surface area contributed by atoms with Crippen LogP contribution in [0.15, 0.2) is 41.9 Å². The molecule has 3 N–H and O–H groups in total. The summed E-state index contributed by atoms with van der Waals surface area (Å²) < 4.78 is 42.3. The maximum atomic E-state index is 14.9. The van der Waals surface area contributed by atoms with Crippen LogP contribution in [0, 0.1) is 12.8 Å². The summed E-state index contributed by atoms with van der Waals surface area (Å²) in [4.78, 5) is 68.5. The number of pyridine rings is 1. The lowest BCUT2D eigenvalue weighted by Crippen LogP contribution is -2.58. The molecular formula is C44H55N9O8S2. The van der Waals surface area contributed by atoms with Crippen LogP contribution >= 0.6 is 11.3 Å². The number of benzene rings is 1. The quantitative estimate of drug-likeness (QED) is 0.167. The van der Waals surface area contributed by atoms with E-state index in [-0.39, 0.29) is 37.0 Å². The molecule has 1 saturated heterocycles. The number of aromatic nitrogens is 5. The van der Waals surface area contributed by atoms with E-state index in [2.05, 4.69) is 39.5 Å². The van der Waals surface area contributed by atoms with Gasteiger partial charge in [0, 0.05) is 40.8 Å². The van der Waals surface area contributed by atoms with Crippen molar-refractivity contribution in [2.45, 2.75) is 133 Å². The summed E-state index contributed by atoms with van der Waals surface area (Å²) >= 11 is 1.47. The van der Waals surface area contributed by atoms with Gasteiger partial charge in [-0.1, -0.05) is 44.1 Å². The number of methoxy groups -OCH3 is 1. The number of allylic oxidation sites excluding steroid dienone is 1. The minimum absolute atomic E-state index is 0.0303. The topological polar surface area (TPSA) is 217 Å². The number of amides is 4. The molecule has 2 aliphatic carbocycles. The van der Waals surface area contributed by atoms with Crippen molar-refractivity contribution in [1.82, 2.24) is 45.2 Å². The Balaban J connectivity index is 1.15. The van der Waals surface area contributed by atoms with E-state index in [0.29, 0.717) is 65.2 Å². The summed E-state index contributed by atoms with van der Waals surface area (Å²) in [6.07, 6.45) is 8.87. The molecule has 4 aromatic rings. The van der Waals surface area contributed by atoms with E-state index < -0.39 is 68.5 Å². The van der Waals surface area contributed by atoms with Gasteiger partial charge in [0.25, 0.3) is 11.8 Å². The zero-order valence-corrected chi connectivity index (χ0v) is 38.1. The van der Waals surface area contributed by atoms with Crippen LogP contribution in [0.1, 0.15) is 119 Å². The molecule has 17 nitrogen and oxygen atoms in total. The largest absolute Gasteiger partial charge is 0.496 e. The molecule has 0 bridgehead atoms. The van der Waals surface area contributed by atoms with Crippen molar-refractivity contribution in [3.8, 4) is 22.2 Å². The molecule has 3 fully saturated rings. The minimum Gasteiger partial charge on any atom is -0.496 e. The molecule has 0 radical (unpaired) electrons. The molecule has 3 aromatic heterocycles. The minimum atomic E-state index is -3.93. The smallest absolute Gasteiger partial charge is 0.274 e. The maximum Gasteiger partial charge on any atom is 0.274 e. The lowest BCUT2D eigenvalue weighted by atomic mass is 10.0. The molecule has 336 valence electrons. The van der Waals surface area contributed by atoms with E-state index in [4.69, 9.17) is 19.4 Å². The Bertz CT molecular complexity index is 2570. The number of aryl methyl sites for hydroxylation is 1. The number of ether oxygens (including phenoxy) is 2. The van der Waals surface area contributed by atoms with Gasteiger partial charge >= 0.3 is 0 Å². The standard InChI is InChI=1S/C44H55N9O8S2/c1-24(2)34-23-62-41(47-34)32-19-37(30-16-17-36(60-6)26(5)38(30)45-32)61-28-18-35-40(55)48-44(43(57)50-63(58,59)29-14-15-29)20-27(44)12-10-8-7-9-11-13-31(42(56)52(35)21-28)46-39(54)33-22-53(25(3)4)51-49-33/h10,12,16-17,19,22-25,27-29,31,35H,7-9,11,13-15,18,20-21H2,1-6H3,(H,46,54)(H,48,55)(H,50,57)/b12-10-/t27-,28?,31+,35+,44-/m1/s1. The van der Waals surface area contributed by atoms with E-state index in [1.54, 1.807) is 11.8 Å². The van der Waals surface area contributed by atoms with Gasteiger partial charge in [-0.2, -0.15) is 0 Å². The fraction of sp³-hybridized carbons (Fsp3) is 0.545. The molecule has 5 heterocycles. The number of carbonyl (C=O) groups excluding carboxylic acids is 4. The number of nitrogens with one attached hydrogen (secondary N) is 3. The number of carbonyl (C=O) groups is 4. The molecule has 8 rings (SSSR count). The monoisotopic (exact) mass is 901 g/mol. The number of thiazole rings is 1. The first-order valence-corrected chi connectivity index (χ1v) is 24.2. The van der Waals surface area contributed by atoms with E-state index in [1.165, 1.54) is 22.4 Å². The zero-order valence-electron chi connectivity index (χ0n) is 36.4. The second-order valence-corrected chi connectivity index (χ2v) is 20.5. The Kier molecular flexibility index (Phi) is 12.4. The molecule has 19 heteroatoms. The summed E-state index contributed by atoms with van der Waals surface area (Å²) in [5, 5.41) is 16.7. The molecule has 4 aliphatic rings. The van der Waals surface area contributed by atoms with Crippen LogP contribution in [0.25, 0.3) is 21.6 Å². The van der Waals surface area contributed by atoms with Crippen molar-refractivity contribution in [2.24, 2.45) is 5.92 Å². The highest BCUT2D eigenvalue weighted by molar-refractivity contribution is 7.91. The van der Waals surface area contributed by atoms with Crippen LogP contribution < -0.4 is 24.8 Å². The van der Waals surface area contributed by atoms with Crippen LogP contribution in [-0.2, 0) is 24.4 Å². The Morgan fingerprint density at radius 3 is 2.54 bits per heavy atom. The van der Waals surface area contributed by atoms with Gasteiger partial charge < -0.3 is 25.0 Å². The summed E-state index contributed by atoms with van der Waals surface area (Å²) in [6, 6.07) is 3.30. The van der Waals surface area contributed by atoms with Crippen molar-refractivity contribution < 1.29 is 37.1 Å². The van der Waals surface area contributed by atoms with Crippen molar-refractivity contribution in [2.75, 3.05) is 13.7 Å². The van der Waals surface area contributed by atoms with Crippen LogP contribution in [0.5, 0.6) is 11.5 Å². The number of sulfonamides is 1. The normalized spacial score (nSPS) is 24.9. The number of fused-ring (bicyclic) bond motifs is 3. The molecule has 2 saturated carbocycles. The highest BCUT2D eigenvalue weighted by Gasteiger charge is 2.62. The van der Waals surface area contributed by atoms with Gasteiger partial charge in [-0.15, -0.1) is 16.4 Å². The van der Waals surface area contributed by atoms with E-state index in [0.717, 1.165) is 24.1 Å². The Morgan fingerprint density at radius 2 is 1.84 bits per heavy atom. The Labute approximate surface area is 370 Å². The molecule has 1 aromatic carbocycles. The molecule has 63 heavy (non-hydrogen) atoms. The summed E-state index contributed by atoms with van der Waals surface area (Å²) in [5.74, 6) is -1.63. The second kappa shape index (κ2) is 17.6. The summed E-state index contributed by atoms with van der Waals surface area (Å²) in [5.41, 5.74) is 1.48. The lowest BCUT2D eigenvalue weighted by Gasteiger charge is -2.29. The SMILES string of the molecule is COc1ccc2c(OC3C[C@H]4C(=O)N[C@]5(C(=O)NS(=O)(=O)C6CC6)C[C@H]5/C=C\CCCCC[C@H](NC(=O)c5cn(C(C)C)nn5)C(=O)N4C3)cc(-c3nc(C(C)C)cs3)nc2c1C. The molecule has 5 atom stereocenters. The fourth-order valence-electron chi connectivity index (χ4n) is 8.37. The van der Waals surface area contributed by atoms with Gasteiger partial charge in [0.05, 0.1) is 36.3 Å². The van der Waals surface area contributed by atoms with Gasteiger partial charge in [0.2, 0.25) is 21.8 Å².